The van der Waals surface area contributed by atoms with E-state index in [1.807, 2.05) is 0 Å². The highest BCUT2D eigenvalue weighted by atomic mass is 35.5. The Labute approximate surface area is 108 Å². The highest BCUT2D eigenvalue weighted by Gasteiger charge is 2.11. The molecule has 0 aliphatic heterocycles. The van der Waals surface area contributed by atoms with Gasteiger partial charge in [-0.3, -0.25) is 4.79 Å². The molecule has 0 aliphatic rings. The third kappa shape index (κ3) is 2.78. The molecule has 2 rings (SSSR count). The van der Waals surface area contributed by atoms with Crippen LogP contribution in [0.4, 0.5) is 15.8 Å². The molecule has 0 spiro atoms. The van der Waals surface area contributed by atoms with Crippen LogP contribution in [0.2, 0.25) is 5.02 Å². The number of carbonyl (C=O) groups is 1. The fourth-order valence-electron chi connectivity index (χ4n) is 1.45. The van der Waals surface area contributed by atoms with Crippen LogP contribution >= 0.6 is 11.6 Å². The SMILES string of the molecule is Nc1ccc(C(=O)Nc2ccc(Cl)cc2)c(F)c1. The van der Waals surface area contributed by atoms with Crippen molar-refractivity contribution in [2.75, 3.05) is 11.1 Å². The maximum absolute atomic E-state index is 13.5. The third-order valence-electron chi connectivity index (χ3n) is 2.34. The van der Waals surface area contributed by atoms with E-state index in [0.29, 0.717) is 10.7 Å². The highest BCUT2D eigenvalue weighted by molar-refractivity contribution is 6.30. The van der Waals surface area contributed by atoms with Crippen molar-refractivity contribution in [1.82, 2.24) is 0 Å². The van der Waals surface area contributed by atoms with E-state index in [9.17, 15) is 9.18 Å². The van der Waals surface area contributed by atoms with Crippen LogP contribution in [0.15, 0.2) is 42.5 Å². The molecule has 0 heterocycles. The van der Waals surface area contributed by atoms with Crippen LogP contribution in [-0.4, -0.2) is 5.91 Å². The monoisotopic (exact) mass is 264 g/mol. The maximum atomic E-state index is 13.5. The minimum atomic E-state index is -0.651. The number of halogens is 2. The van der Waals surface area contributed by atoms with Gasteiger partial charge in [0.2, 0.25) is 0 Å². The third-order valence-corrected chi connectivity index (χ3v) is 2.59. The first-order chi connectivity index (χ1) is 8.56. The molecule has 1 amide bonds. The van der Waals surface area contributed by atoms with Crippen molar-refractivity contribution in [3.05, 3.63) is 58.9 Å². The first kappa shape index (κ1) is 12.4. The summed E-state index contributed by atoms with van der Waals surface area (Å²) in [6.45, 7) is 0. The largest absolute Gasteiger partial charge is 0.399 e. The summed E-state index contributed by atoms with van der Waals surface area (Å²) in [4.78, 5) is 11.8. The summed E-state index contributed by atoms with van der Waals surface area (Å²) < 4.78 is 13.5. The van der Waals surface area contributed by atoms with Gasteiger partial charge >= 0.3 is 0 Å². The quantitative estimate of drug-likeness (QED) is 0.818. The van der Waals surface area contributed by atoms with Crippen LogP contribution < -0.4 is 11.1 Å². The van der Waals surface area contributed by atoms with E-state index < -0.39 is 11.7 Å². The molecule has 0 aliphatic carbocycles. The zero-order chi connectivity index (χ0) is 13.1. The number of nitrogen functional groups attached to an aromatic ring is 1. The van der Waals surface area contributed by atoms with Crippen LogP contribution in [0, 0.1) is 5.82 Å². The second-order valence-corrected chi connectivity index (χ2v) is 4.14. The topological polar surface area (TPSA) is 55.1 Å². The number of carbonyl (C=O) groups excluding carboxylic acids is 1. The van der Waals surface area contributed by atoms with Crippen molar-refractivity contribution in [3.8, 4) is 0 Å². The minimum absolute atomic E-state index is 0.0563. The van der Waals surface area contributed by atoms with Crippen molar-refractivity contribution < 1.29 is 9.18 Å². The summed E-state index contributed by atoms with van der Waals surface area (Å²) >= 11 is 5.72. The zero-order valence-electron chi connectivity index (χ0n) is 9.28. The van der Waals surface area contributed by atoms with Crippen molar-refractivity contribution in [2.24, 2.45) is 0 Å². The number of nitrogens with one attached hydrogen (secondary N) is 1. The molecule has 0 radical (unpaired) electrons. The Morgan fingerprint density at radius 1 is 1.17 bits per heavy atom. The molecule has 3 nitrogen and oxygen atoms in total. The van der Waals surface area contributed by atoms with Crippen molar-refractivity contribution in [3.63, 3.8) is 0 Å². The smallest absolute Gasteiger partial charge is 0.258 e. The number of nitrogens with two attached hydrogens (primary N) is 1. The lowest BCUT2D eigenvalue weighted by Gasteiger charge is -2.06. The maximum Gasteiger partial charge on any atom is 0.258 e. The van der Waals surface area contributed by atoms with E-state index in [4.69, 9.17) is 17.3 Å². The van der Waals surface area contributed by atoms with Crippen molar-refractivity contribution in [2.45, 2.75) is 0 Å². The van der Waals surface area contributed by atoms with Crippen LogP contribution in [0.5, 0.6) is 0 Å². The molecular formula is C13H10ClFN2O. The van der Waals surface area contributed by atoms with Gasteiger partial charge < -0.3 is 11.1 Å². The van der Waals surface area contributed by atoms with E-state index in [-0.39, 0.29) is 11.3 Å². The standard InChI is InChI=1S/C13H10ClFN2O/c14-8-1-4-10(5-2-8)17-13(18)11-6-3-9(16)7-12(11)15/h1-7H,16H2,(H,17,18). The van der Waals surface area contributed by atoms with Crippen LogP contribution in [0.3, 0.4) is 0 Å². The van der Waals surface area contributed by atoms with Gasteiger partial charge in [0.05, 0.1) is 5.56 Å². The van der Waals surface area contributed by atoms with Gasteiger partial charge in [0.25, 0.3) is 5.91 Å². The summed E-state index contributed by atoms with van der Waals surface area (Å²) in [7, 11) is 0. The van der Waals surface area contributed by atoms with Gasteiger partial charge in [-0.15, -0.1) is 0 Å². The molecule has 0 aromatic heterocycles. The normalized spacial score (nSPS) is 10.1. The van der Waals surface area contributed by atoms with E-state index >= 15 is 0 Å². The minimum Gasteiger partial charge on any atom is -0.399 e. The van der Waals surface area contributed by atoms with Gasteiger partial charge in [0.1, 0.15) is 5.82 Å². The molecule has 2 aromatic carbocycles. The lowest BCUT2D eigenvalue weighted by molar-refractivity contribution is 0.102. The number of rotatable bonds is 2. The number of hydrogen-bond donors (Lipinski definition) is 2. The predicted octanol–water partition coefficient (Wildman–Crippen LogP) is 3.31. The van der Waals surface area contributed by atoms with Gasteiger partial charge in [-0.2, -0.15) is 0 Å². The average molecular weight is 265 g/mol. The fraction of sp³-hybridized carbons (Fsp3) is 0. The molecule has 0 saturated carbocycles. The number of anilines is 2. The van der Waals surface area contributed by atoms with E-state index in [0.717, 1.165) is 6.07 Å². The molecule has 2 aromatic rings. The second-order valence-electron chi connectivity index (χ2n) is 3.70. The molecule has 92 valence electrons. The Balaban J connectivity index is 2.19. The molecule has 0 unspecified atom stereocenters. The number of benzene rings is 2. The van der Waals surface area contributed by atoms with Gasteiger partial charge in [-0.25, -0.2) is 4.39 Å². The Bertz CT molecular complexity index is 584. The summed E-state index contributed by atoms with van der Waals surface area (Å²) in [5, 5.41) is 3.13. The van der Waals surface area contributed by atoms with Gasteiger partial charge in [-0.05, 0) is 42.5 Å². The highest BCUT2D eigenvalue weighted by Crippen LogP contribution is 2.16. The molecular weight excluding hydrogens is 255 g/mol. The summed E-state index contributed by atoms with van der Waals surface area (Å²) in [6.07, 6.45) is 0. The first-order valence-electron chi connectivity index (χ1n) is 5.18. The lowest BCUT2D eigenvalue weighted by atomic mass is 10.1. The van der Waals surface area contributed by atoms with Crippen LogP contribution in [-0.2, 0) is 0 Å². The average Bonchev–Trinajstić information content (AvgIpc) is 2.32. The molecule has 5 heteroatoms. The number of hydrogen-bond acceptors (Lipinski definition) is 2. The van der Waals surface area contributed by atoms with Crippen LogP contribution in [0.25, 0.3) is 0 Å². The summed E-state index contributed by atoms with van der Waals surface area (Å²) in [6, 6.07) is 10.5. The first-order valence-corrected chi connectivity index (χ1v) is 5.56. The van der Waals surface area contributed by atoms with Gasteiger partial charge in [-0.1, -0.05) is 11.6 Å². The molecule has 0 saturated heterocycles. The lowest BCUT2D eigenvalue weighted by Crippen LogP contribution is -2.13. The fourth-order valence-corrected chi connectivity index (χ4v) is 1.57. The Hall–Kier alpha value is -2.07. The Kier molecular flexibility index (Phi) is 3.48. The molecule has 0 bridgehead atoms. The molecule has 18 heavy (non-hydrogen) atoms. The van der Waals surface area contributed by atoms with E-state index in [1.54, 1.807) is 24.3 Å². The van der Waals surface area contributed by atoms with E-state index in [2.05, 4.69) is 5.32 Å². The predicted molar refractivity (Wildman–Crippen MR) is 70.2 cm³/mol. The van der Waals surface area contributed by atoms with Gasteiger partial charge in [0.15, 0.2) is 0 Å². The Morgan fingerprint density at radius 2 is 1.83 bits per heavy atom. The van der Waals surface area contributed by atoms with Crippen LogP contribution in [0.1, 0.15) is 10.4 Å². The van der Waals surface area contributed by atoms with E-state index in [1.165, 1.54) is 12.1 Å². The van der Waals surface area contributed by atoms with Crippen molar-refractivity contribution >= 4 is 28.9 Å². The Morgan fingerprint density at radius 3 is 2.44 bits per heavy atom. The van der Waals surface area contributed by atoms with Crippen molar-refractivity contribution in [1.29, 1.82) is 0 Å². The molecule has 0 atom stereocenters. The molecule has 3 N–H and O–H groups in total. The van der Waals surface area contributed by atoms with Gasteiger partial charge in [0, 0.05) is 16.4 Å². The summed E-state index contributed by atoms with van der Waals surface area (Å²) in [5.74, 6) is -1.18. The molecule has 0 fully saturated rings. The number of amides is 1. The summed E-state index contributed by atoms with van der Waals surface area (Å²) in [5.41, 5.74) is 6.17. The second kappa shape index (κ2) is 5.06. The zero-order valence-corrected chi connectivity index (χ0v) is 10.0.